The molecule has 2 heterocycles. The summed E-state index contributed by atoms with van der Waals surface area (Å²) in [6, 6.07) is 9.00. The van der Waals surface area contributed by atoms with E-state index in [0.29, 0.717) is 28.3 Å². The van der Waals surface area contributed by atoms with E-state index in [1.165, 1.54) is 7.11 Å². The zero-order valence-electron chi connectivity index (χ0n) is 14.4. The van der Waals surface area contributed by atoms with E-state index in [0.717, 1.165) is 16.6 Å². The quantitative estimate of drug-likeness (QED) is 0.623. The van der Waals surface area contributed by atoms with E-state index in [4.69, 9.17) is 33.2 Å². The number of halogens is 2. The van der Waals surface area contributed by atoms with Gasteiger partial charge in [0, 0.05) is 29.6 Å². The van der Waals surface area contributed by atoms with Crippen LogP contribution in [-0.4, -0.2) is 22.6 Å². The molecule has 1 aromatic carbocycles. The lowest BCUT2D eigenvalue weighted by Crippen LogP contribution is -2.06. The van der Waals surface area contributed by atoms with E-state index < -0.39 is 5.97 Å². The molecule has 5 nitrogen and oxygen atoms in total. The number of pyridine rings is 1. The van der Waals surface area contributed by atoms with Crippen LogP contribution in [0.2, 0.25) is 10.0 Å². The van der Waals surface area contributed by atoms with Gasteiger partial charge in [0.05, 0.1) is 17.7 Å². The Kier molecular flexibility index (Phi) is 4.90. The van der Waals surface area contributed by atoms with Crippen LogP contribution in [0.15, 0.2) is 24.3 Å². The Morgan fingerprint density at radius 1 is 1.35 bits per heavy atom. The molecule has 2 aromatic heterocycles. The molecule has 26 heavy (non-hydrogen) atoms. The summed E-state index contributed by atoms with van der Waals surface area (Å²) in [5.41, 5.74) is 3.87. The topological polar surface area (TPSA) is 67.9 Å². The molecule has 0 aliphatic carbocycles. The molecule has 0 atom stereocenters. The van der Waals surface area contributed by atoms with Gasteiger partial charge in [-0.25, -0.2) is 9.78 Å². The SMILES string of the molecule is COC(=O)c1ccc(Cl)c(Cc2cc3c(C)cc(C#N)nc3n2C)c1Cl. The number of benzene rings is 1. The van der Waals surface area contributed by atoms with Crippen LogP contribution < -0.4 is 0 Å². The van der Waals surface area contributed by atoms with Gasteiger partial charge in [0.1, 0.15) is 17.4 Å². The highest BCUT2D eigenvalue weighted by atomic mass is 35.5. The van der Waals surface area contributed by atoms with Crippen LogP contribution in [0.3, 0.4) is 0 Å². The van der Waals surface area contributed by atoms with Crippen molar-refractivity contribution in [2.45, 2.75) is 13.3 Å². The average molecular weight is 388 g/mol. The van der Waals surface area contributed by atoms with Crippen molar-refractivity contribution in [1.29, 1.82) is 5.26 Å². The zero-order chi connectivity index (χ0) is 19.0. The fourth-order valence-corrected chi connectivity index (χ4v) is 3.52. The van der Waals surface area contributed by atoms with Gasteiger partial charge in [-0.15, -0.1) is 0 Å². The van der Waals surface area contributed by atoms with Gasteiger partial charge in [-0.3, -0.25) is 0 Å². The number of nitrogens with zero attached hydrogens (tertiary/aromatic N) is 3. The van der Waals surface area contributed by atoms with E-state index in [9.17, 15) is 4.79 Å². The van der Waals surface area contributed by atoms with Gasteiger partial charge < -0.3 is 9.30 Å². The van der Waals surface area contributed by atoms with Gasteiger partial charge in [0.15, 0.2) is 0 Å². The molecule has 0 N–H and O–H groups in total. The third kappa shape index (κ3) is 3.03. The number of nitriles is 1. The molecular weight excluding hydrogens is 373 g/mol. The smallest absolute Gasteiger partial charge is 0.339 e. The maximum atomic E-state index is 11.9. The van der Waals surface area contributed by atoms with Crippen LogP contribution in [0, 0.1) is 18.3 Å². The zero-order valence-corrected chi connectivity index (χ0v) is 15.9. The highest BCUT2D eigenvalue weighted by Crippen LogP contribution is 2.32. The summed E-state index contributed by atoms with van der Waals surface area (Å²) in [6.07, 6.45) is 0.413. The normalized spacial score (nSPS) is 10.8. The Balaban J connectivity index is 2.13. The van der Waals surface area contributed by atoms with Gasteiger partial charge in [0.25, 0.3) is 0 Å². The molecule has 0 aliphatic heterocycles. The summed E-state index contributed by atoms with van der Waals surface area (Å²) in [4.78, 5) is 16.3. The lowest BCUT2D eigenvalue weighted by Gasteiger charge is -2.11. The minimum Gasteiger partial charge on any atom is -0.465 e. The van der Waals surface area contributed by atoms with Crippen molar-refractivity contribution in [2.24, 2.45) is 7.05 Å². The highest BCUT2D eigenvalue weighted by Gasteiger charge is 2.19. The van der Waals surface area contributed by atoms with Crippen LogP contribution in [0.1, 0.15) is 32.9 Å². The lowest BCUT2D eigenvalue weighted by atomic mass is 10.1. The lowest BCUT2D eigenvalue weighted by molar-refractivity contribution is 0.0601. The first-order valence-electron chi connectivity index (χ1n) is 7.78. The van der Waals surface area contributed by atoms with Crippen LogP contribution in [0.25, 0.3) is 11.0 Å². The standard InChI is InChI=1S/C19H15Cl2N3O2/c1-10-6-11(9-22)23-18-14(10)7-12(24(18)2)8-15-16(20)5-4-13(17(15)21)19(25)26-3/h4-7H,8H2,1-3H3. The number of fused-ring (bicyclic) bond motifs is 1. The maximum absolute atomic E-state index is 11.9. The first-order chi connectivity index (χ1) is 12.4. The average Bonchev–Trinajstić information content (AvgIpc) is 2.94. The summed E-state index contributed by atoms with van der Waals surface area (Å²) < 4.78 is 6.67. The van der Waals surface area contributed by atoms with Crippen molar-refractivity contribution in [2.75, 3.05) is 7.11 Å². The summed E-state index contributed by atoms with van der Waals surface area (Å²) in [5, 5.41) is 10.8. The number of hydrogen-bond acceptors (Lipinski definition) is 4. The van der Waals surface area contributed by atoms with Gasteiger partial charge in [0.2, 0.25) is 0 Å². The van der Waals surface area contributed by atoms with Crippen LogP contribution in [0.5, 0.6) is 0 Å². The Bertz CT molecular complexity index is 1080. The Morgan fingerprint density at radius 2 is 2.08 bits per heavy atom. The molecule has 0 unspecified atom stereocenters. The number of carbonyl (C=O) groups excluding carboxylic acids is 1. The van der Waals surface area contributed by atoms with E-state index in [-0.39, 0.29) is 10.6 Å². The van der Waals surface area contributed by atoms with E-state index >= 15 is 0 Å². The fraction of sp³-hybridized carbons (Fsp3) is 0.211. The van der Waals surface area contributed by atoms with Crippen molar-refractivity contribution in [1.82, 2.24) is 9.55 Å². The number of rotatable bonds is 3. The largest absolute Gasteiger partial charge is 0.465 e. The Morgan fingerprint density at radius 3 is 2.73 bits per heavy atom. The van der Waals surface area contributed by atoms with Crippen LogP contribution >= 0.6 is 23.2 Å². The van der Waals surface area contributed by atoms with Gasteiger partial charge in [-0.1, -0.05) is 23.2 Å². The summed E-state index contributed by atoms with van der Waals surface area (Å²) in [7, 11) is 3.18. The molecule has 0 saturated carbocycles. The molecule has 0 amide bonds. The molecule has 0 fully saturated rings. The first kappa shape index (κ1) is 18.2. The molecule has 0 spiro atoms. The summed E-state index contributed by atoms with van der Waals surface area (Å²) in [6.45, 7) is 1.94. The summed E-state index contributed by atoms with van der Waals surface area (Å²) >= 11 is 12.7. The number of aromatic nitrogens is 2. The molecule has 3 aromatic rings. The second-order valence-electron chi connectivity index (χ2n) is 5.92. The molecule has 0 bridgehead atoms. The third-order valence-electron chi connectivity index (χ3n) is 4.37. The predicted molar refractivity (Wildman–Crippen MR) is 101 cm³/mol. The first-order valence-corrected chi connectivity index (χ1v) is 8.54. The monoisotopic (exact) mass is 387 g/mol. The second-order valence-corrected chi connectivity index (χ2v) is 6.71. The van der Waals surface area contributed by atoms with Crippen molar-refractivity contribution in [3.63, 3.8) is 0 Å². The molecule has 3 rings (SSSR count). The maximum Gasteiger partial charge on any atom is 0.339 e. The van der Waals surface area contributed by atoms with Crippen molar-refractivity contribution < 1.29 is 9.53 Å². The minimum absolute atomic E-state index is 0.272. The molecule has 132 valence electrons. The van der Waals surface area contributed by atoms with Crippen molar-refractivity contribution in [3.05, 3.63) is 62.4 Å². The Hall–Kier alpha value is -2.55. The van der Waals surface area contributed by atoms with E-state index in [1.807, 2.05) is 24.6 Å². The molecule has 7 heteroatoms. The highest BCUT2D eigenvalue weighted by molar-refractivity contribution is 6.38. The van der Waals surface area contributed by atoms with Crippen molar-refractivity contribution in [3.8, 4) is 6.07 Å². The van der Waals surface area contributed by atoms with Crippen LogP contribution in [0.4, 0.5) is 0 Å². The third-order valence-corrected chi connectivity index (χ3v) is 5.15. The second kappa shape index (κ2) is 6.99. The number of carbonyl (C=O) groups is 1. The van der Waals surface area contributed by atoms with Gasteiger partial charge >= 0.3 is 5.97 Å². The number of esters is 1. The van der Waals surface area contributed by atoms with Crippen molar-refractivity contribution >= 4 is 40.2 Å². The molecule has 0 aliphatic rings. The van der Waals surface area contributed by atoms with Crippen LogP contribution in [-0.2, 0) is 18.2 Å². The molecular formula is C19H15Cl2N3O2. The number of hydrogen-bond donors (Lipinski definition) is 0. The molecule has 0 radical (unpaired) electrons. The van der Waals surface area contributed by atoms with E-state index in [2.05, 4.69) is 11.1 Å². The number of aryl methyl sites for hydroxylation is 2. The molecule has 0 saturated heterocycles. The fourth-order valence-electron chi connectivity index (χ4n) is 2.93. The van der Waals surface area contributed by atoms with Gasteiger partial charge in [-0.2, -0.15) is 5.26 Å². The number of methoxy groups -OCH3 is 1. The predicted octanol–water partition coefficient (Wildman–Crippen LogP) is 4.44. The Labute approximate surface area is 160 Å². The van der Waals surface area contributed by atoms with Gasteiger partial charge in [-0.05, 0) is 42.3 Å². The van der Waals surface area contributed by atoms with E-state index in [1.54, 1.807) is 18.2 Å². The summed E-state index contributed by atoms with van der Waals surface area (Å²) in [5.74, 6) is -0.513. The minimum atomic E-state index is -0.513. The number of ether oxygens (including phenoxy) is 1.